The molecule has 0 aliphatic carbocycles. The van der Waals surface area contributed by atoms with Crippen LogP contribution in [0, 0.1) is 26.7 Å². The summed E-state index contributed by atoms with van der Waals surface area (Å²) in [7, 11) is 1.95. The van der Waals surface area contributed by atoms with Gasteiger partial charge in [0, 0.05) is 33.8 Å². The lowest BCUT2D eigenvalue weighted by atomic mass is 10.00. The first-order valence-corrected chi connectivity index (χ1v) is 9.71. The van der Waals surface area contributed by atoms with Gasteiger partial charge in [-0.2, -0.15) is 9.37 Å². The van der Waals surface area contributed by atoms with E-state index in [4.69, 9.17) is 4.42 Å². The van der Waals surface area contributed by atoms with Gasteiger partial charge in [0.25, 0.3) is 6.33 Å². The quantitative estimate of drug-likeness (QED) is 0.310. The minimum atomic E-state index is -0.556. The van der Waals surface area contributed by atoms with Crippen LogP contribution >= 0.6 is 0 Å². The SMILES string of the molecule is Cc1cc(-c2cc(-c3c(C)ccc4c3oc3nc(F)ccc34)[n+](C)cn2)cc(C)n1. The summed E-state index contributed by atoms with van der Waals surface area (Å²) >= 11 is 0. The molecule has 148 valence electrons. The first-order chi connectivity index (χ1) is 14.4. The lowest BCUT2D eigenvalue weighted by molar-refractivity contribution is -0.663. The van der Waals surface area contributed by atoms with Crippen molar-refractivity contribution in [2.45, 2.75) is 20.8 Å². The number of rotatable bonds is 2. The van der Waals surface area contributed by atoms with Crippen LogP contribution in [0.15, 0.2) is 53.2 Å². The number of pyridine rings is 2. The standard InChI is InChI=1S/C24H20FN4O/c1-13-5-6-17-18-7-8-21(25)28-24(18)30-23(17)22(13)20-11-19(26-12-29(20)4)16-9-14(2)27-15(3)10-16/h5-12H,1-4H3/q+1. The van der Waals surface area contributed by atoms with Crippen molar-refractivity contribution >= 4 is 22.1 Å². The van der Waals surface area contributed by atoms with Gasteiger partial charge in [0.05, 0.1) is 12.6 Å². The zero-order valence-corrected chi connectivity index (χ0v) is 17.2. The third-order valence-corrected chi connectivity index (χ3v) is 5.34. The molecule has 0 spiro atoms. The van der Waals surface area contributed by atoms with Gasteiger partial charge in [-0.15, -0.1) is 0 Å². The first-order valence-electron chi connectivity index (χ1n) is 9.71. The molecule has 0 atom stereocenters. The molecular formula is C24H20FN4O+. The molecule has 0 unspecified atom stereocenters. The van der Waals surface area contributed by atoms with Crippen molar-refractivity contribution in [1.29, 1.82) is 0 Å². The molecule has 0 fully saturated rings. The zero-order chi connectivity index (χ0) is 21.0. The van der Waals surface area contributed by atoms with Crippen LogP contribution in [0.25, 0.3) is 44.6 Å². The maximum Gasteiger partial charge on any atom is 0.287 e. The van der Waals surface area contributed by atoms with Gasteiger partial charge in [0.15, 0.2) is 5.69 Å². The smallest absolute Gasteiger partial charge is 0.287 e. The summed E-state index contributed by atoms with van der Waals surface area (Å²) in [6.07, 6.45) is 1.80. The van der Waals surface area contributed by atoms with E-state index >= 15 is 0 Å². The fourth-order valence-electron chi connectivity index (χ4n) is 3.98. The number of halogens is 1. The van der Waals surface area contributed by atoms with E-state index in [1.807, 2.05) is 50.6 Å². The third kappa shape index (κ3) is 2.92. The molecule has 0 aliphatic rings. The summed E-state index contributed by atoms with van der Waals surface area (Å²) in [4.78, 5) is 13.0. The van der Waals surface area contributed by atoms with Crippen LogP contribution in [-0.2, 0) is 7.05 Å². The molecule has 0 bridgehead atoms. The summed E-state index contributed by atoms with van der Waals surface area (Å²) in [5.41, 5.74) is 7.71. The van der Waals surface area contributed by atoms with Gasteiger partial charge in [-0.3, -0.25) is 4.98 Å². The van der Waals surface area contributed by atoms with Crippen molar-refractivity contribution in [3.63, 3.8) is 0 Å². The van der Waals surface area contributed by atoms with Gasteiger partial charge >= 0.3 is 0 Å². The molecule has 6 heteroatoms. The van der Waals surface area contributed by atoms with Crippen LogP contribution < -0.4 is 4.57 Å². The fraction of sp³-hybridized carbons (Fsp3) is 0.167. The average Bonchev–Trinajstić information content (AvgIpc) is 3.05. The molecule has 0 aliphatic heterocycles. The average molecular weight is 399 g/mol. The third-order valence-electron chi connectivity index (χ3n) is 5.34. The lowest BCUT2D eigenvalue weighted by Gasteiger charge is -2.08. The van der Waals surface area contributed by atoms with E-state index in [0.717, 1.165) is 50.2 Å². The summed E-state index contributed by atoms with van der Waals surface area (Å²) in [6.45, 7) is 5.99. The maximum absolute atomic E-state index is 13.6. The second kappa shape index (κ2) is 6.69. The highest BCUT2D eigenvalue weighted by Crippen LogP contribution is 2.36. The molecule has 4 aromatic heterocycles. The topological polar surface area (TPSA) is 55.7 Å². The first kappa shape index (κ1) is 18.4. The Labute approximate surface area is 172 Å². The highest BCUT2D eigenvalue weighted by molar-refractivity contribution is 6.08. The molecule has 4 heterocycles. The van der Waals surface area contributed by atoms with Crippen LogP contribution in [-0.4, -0.2) is 15.0 Å². The second-order valence-electron chi connectivity index (χ2n) is 7.63. The van der Waals surface area contributed by atoms with Gasteiger partial charge in [0.1, 0.15) is 11.3 Å². The van der Waals surface area contributed by atoms with E-state index in [1.165, 1.54) is 6.07 Å². The summed E-state index contributed by atoms with van der Waals surface area (Å²) in [6, 6.07) is 13.2. The van der Waals surface area contributed by atoms with Crippen molar-refractivity contribution in [2.75, 3.05) is 0 Å². The van der Waals surface area contributed by atoms with Gasteiger partial charge < -0.3 is 4.42 Å². The van der Waals surface area contributed by atoms with Crippen molar-refractivity contribution < 1.29 is 13.4 Å². The number of fused-ring (bicyclic) bond motifs is 3. The minimum absolute atomic E-state index is 0.300. The summed E-state index contributed by atoms with van der Waals surface area (Å²) < 4.78 is 21.7. The molecule has 5 nitrogen and oxygen atoms in total. The molecule has 5 aromatic rings. The Hall–Kier alpha value is -3.67. The molecular weight excluding hydrogens is 379 g/mol. The van der Waals surface area contributed by atoms with E-state index in [1.54, 1.807) is 12.4 Å². The van der Waals surface area contributed by atoms with Crippen molar-refractivity contribution in [1.82, 2.24) is 15.0 Å². The second-order valence-corrected chi connectivity index (χ2v) is 7.63. The van der Waals surface area contributed by atoms with Gasteiger partial charge in [-0.1, -0.05) is 12.1 Å². The lowest BCUT2D eigenvalue weighted by Crippen LogP contribution is -2.31. The molecule has 5 rings (SSSR count). The zero-order valence-electron chi connectivity index (χ0n) is 17.2. The Morgan fingerprint density at radius 3 is 2.40 bits per heavy atom. The van der Waals surface area contributed by atoms with E-state index < -0.39 is 5.95 Å². The number of benzene rings is 1. The van der Waals surface area contributed by atoms with Crippen LogP contribution in [0.1, 0.15) is 17.0 Å². The Balaban J connectivity index is 1.79. The normalized spacial score (nSPS) is 11.5. The van der Waals surface area contributed by atoms with Crippen LogP contribution in [0.5, 0.6) is 0 Å². The van der Waals surface area contributed by atoms with Crippen LogP contribution in [0.3, 0.4) is 0 Å². The molecule has 0 saturated heterocycles. The summed E-state index contributed by atoms with van der Waals surface area (Å²) in [5.74, 6) is -0.556. The van der Waals surface area contributed by atoms with Crippen molar-refractivity contribution in [3.05, 3.63) is 71.7 Å². The van der Waals surface area contributed by atoms with E-state index in [0.29, 0.717) is 11.3 Å². The predicted octanol–water partition coefficient (Wildman–Crippen LogP) is 4.99. The number of aromatic nitrogens is 4. The molecule has 30 heavy (non-hydrogen) atoms. The van der Waals surface area contributed by atoms with Gasteiger partial charge in [-0.05, 0) is 55.6 Å². The molecule has 0 saturated carbocycles. The Morgan fingerprint density at radius 1 is 0.900 bits per heavy atom. The van der Waals surface area contributed by atoms with Crippen LogP contribution in [0.2, 0.25) is 0 Å². The van der Waals surface area contributed by atoms with E-state index in [9.17, 15) is 4.39 Å². The summed E-state index contributed by atoms with van der Waals surface area (Å²) in [5, 5.41) is 1.71. The Bertz CT molecular complexity index is 1440. The fourth-order valence-corrected chi connectivity index (χ4v) is 3.98. The number of hydrogen-bond acceptors (Lipinski definition) is 4. The molecule has 1 aromatic carbocycles. The molecule has 0 amide bonds. The van der Waals surface area contributed by atoms with Gasteiger partial charge in [-0.25, -0.2) is 4.57 Å². The molecule has 0 radical (unpaired) electrons. The van der Waals surface area contributed by atoms with E-state index in [2.05, 4.69) is 27.1 Å². The highest BCUT2D eigenvalue weighted by Gasteiger charge is 2.21. The predicted molar refractivity (Wildman–Crippen MR) is 113 cm³/mol. The number of nitrogens with zero attached hydrogens (tertiary/aromatic N) is 4. The maximum atomic E-state index is 13.6. The Kier molecular flexibility index (Phi) is 4.10. The van der Waals surface area contributed by atoms with Gasteiger partial charge in [0.2, 0.25) is 11.7 Å². The highest BCUT2D eigenvalue weighted by atomic mass is 19.1. The van der Waals surface area contributed by atoms with Crippen molar-refractivity contribution in [3.8, 4) is 22.5 Å². The minimum Gasteiger partial charge on any atom is -0.437 e. The Morgan fingerprint density at radius 2 is 1.63 bits per heavy atom. The van der Waals surface area contributed by atoms with Crippen LogP contribution in [0.4, 0.5) is 4.39 Å². The number of furan rings is 1. The molecule has 0 N–H and O–H groups in total. The van der Waals surface area contributed by atoms with E-state index in [-0.39, 0.29) is 0 Å². The monoisotopic (exact) mass is 399 g/mol. The number of aryl methyl sites for hydroxylation is 4. The largest absolute Gasteiger partial charge is 0.437 e. The number of hydrogen-bond donors (Lipinski definition) is 0. The van der Waals surface area contributed by atoms with Crippen molar-refractivity contribution in [2.24, 2.45) is 7.05 Å².